The Morgan fingerprint density at radius 2 is 1.77 bits per heavy atom. The van der Waals surface area contributed by atoms with Gasteiger partial charge in [0.15, 0.2) is 0 Å². The first-order chi connectivity index (χ1) is 10.1. The van der Waals surface area contributed by atoms with Gasteiger partial charge in [-0.15, -0.1) is 0 Å². The molecule has 1 aliphatic rings. The summed E-state index contributed by atoms with van der Waals surface area (Å²) >= 11 is 0. The van der Waals surface area contributed by atoms with Crippen molar-refractivity contribution in [3.63, 3.8) is 0 Å². The van der Waals surface area contributed by atoms with Gasteiger partial charge in [-0.3, -0.25) is 9.78 Å². The van der Waals surface area contributed by atoms with Gasteiger partial charge in [0.25, 0.3) is 5.56 Å². The summed E-state index contributed by atoms with van der Waals surface area (Å²) in [6.45, 7) is -0.704. The van der Waals surface area contributed by atoms with Crippen molar-refractivity contribution in [1.82, 2.24) is 9.97 Å². The van der Waals surface area contributed by atoms with Crippen LogP contribution in [0.4, 0.5) is 13.2 Å². The van der Waals surface area contributed by atoms with Crippen molar-refractivity contribution >= 4 is 0 Å². The molecule has 0 aromatic carbocycles. The molecule has 0 bridgehead atoms. The van der Waals surface area contributed by atoms with Gasteiger partial charge >= 0.3 is 11.9 Å². The van der Waals surface area contributed by atoms with Crippen molar-refractivity contribution < 1.29 is 33.2 Å². The van der Waals surface area contributed by atoms with Gasteiger partial charge in [-0.2, -0.15) is 13.2 Å². The molecule has 5 N–H and O–H groups in total. The number of aliphatic hydroxyl groups is 3. The Morgan fingerprint density at radius 3 is 2.27 bits per heavy atom. The standard InChI is InChI=1S/C11H13F3N2O6/c12-11(13,14)1-3-5(9(20)16-10(21)15-3)8-7(19)6(18)4(2-17)22-8/h4,6-8,17-19H,1-2H2,(H2,15,16,20,21)/t4-,6-,7-,8+/m1/s1. The number of aliphatic hydroxyl groups excluding tert-OH is 3. The SMILES string of the molecule is O=c1[nH]c(CC(F)(F)F)c([C@@H]2O[C@H](CO)[C@@H](O)[C@H]2O)c(=O)[nH]1. The molecule has 1 fully saturated rings. The minimum atomic E-state index is -4.72. The quantitative estimate of drug-likeness (QED) is 0.450. The van der Waals surface area contributed by atoms with Crippen LogP contribution in [0.2, 0.25) is 0 Å². The molecule has 1 saturated heterocycles. The number of hydrogen-bond donors (Lipinski definition) is 5. The van der Waals surface area contributed by atoms with E-state index in [-0.39, 0.29) is 0 Å². The highest BCUT2D eigenvalue weighted by Gasteiger charge is 2.46. The van der Waals surface area contributed by atoms with Crippen molar-refractivity contribution in [2.75, 3.05) is 6.61 Å². The smallest absolute Gasteiger partial charge is 0.394 e. The summed E-state index contributed by atoms with van der Waals surface area (Å²) in [5.74, 6) is 0. The zero-order valence-corrected chi connectivity index (χ0v) is 10.9. The van der Waals surface area contributed by atoms with Gasteiger partial charge in [0.05, 0.1) is 18.6 Å². The third-order valence-corrected chi connectivity index (χ3v) is 3.27. The van der Waals surface area contributed by atoms with Crippen LogP contribution in [0.15, 0.2) is 9.59 Å². The molecular weight excluding hydrogens is 313 g/mol. The summed E-state index contributed by atoms with van der Waals surface area (Å²) in [4.78, 5) is 26.6. The Morgan fingerprint density at radius 1 is 1.14 bits per heavy atom. The van der Waals surface area contributed by atoms with Crippen LogP contribution in [0.3, 0.4) is 0 Å². The first-order valence-electron chi connectivity index (χ1n) is 6.18. The van der Waals surface area contributed by atoms with Crippen molar-refractivity contribution in [2.24, 2.45) is 0 Å². The predicted octanol–water partition coefficient (Wildman–Crippen LogP) is -1.68. The van der Waals surface area contributed by atoms with E-state index in [0.29, 0.717) is 0 Å². The second-order valence-corrected chi connectivity index (χ2v) is 4.85. The summed E-state index contributed by atoms with van der Waals surface area (Å²) in [7, 11) is 0. The third-order valence-electron chi connectivity index (χ3n) is 3.27. The first-order valence-corrected chi connectivity index (χ1v) is 6.18. The van der Waals surface area contributed by atoms with Gasteiger partial charge in [0, 0.05) is 5.69 Å². The lowest BCUT2D eigenvalue weighted by molar-refractivity contribution is -0.128. The van der Waals surface area contributed by atoms with Gasteiger partial charge in [-0.1, -0.05) is 0 Å². The number of aromatic amines is 2. The Hall–Kier alpha value is -1.69. The van der Waals surface area contributed by atoms with Crippen LogP contribution >= 0.6 is 0 Å². The van der Waals surface area contributed by atoms with E-state index in [1.165, 1.54) is 0 Å². The number of rotatable bonds is 3. The molecular formula is C11H13F3N2O6. The molecule has 1 aromatic rings. The Labute approximate surface area is 120 Å². The molecule has 2 heterocycles. The van der Waals surface area contributed by atoms with Crippen LogP contribution in [0.5, 0.6) is 0 Å². The molecule has 1 aromatic heterocycles. The van der Waals surface area contributed by atoms with Crippen LogP contribution < -0.4 is 11.2 Å². The monoisotopic (exact) mass is 326 g/mol. The number of halogens is 3. The minimum absolute atomic E-state index is 0.639. The Kier molecular flexibility index (Phi) is 4.42. The maximum atomic E-state index is 12.6. The summed E-state index contributed by atoms with van der Waals surface area (Å²) in [5, 5.41) is 28.4. The van der Waals surface area contributed by atoms with E-state index in [1.54, 1.807) is 4.98 Å². The fraction of sp³-hybridized carbons (Fsp3) is 0.636. The molecule has 124 valence electrons. The fourth-order valence-electron chi connectivity index (χ4n) is 2.32. The zero-order chi connectivity index (χ0) is 16.7. The lowest BCUT2D eigenvalue weighted by Crippen LogP contribution is -2.36. The summed E-state index contributed by atoms with van der Waals surface area (Å²) in [6.07, 6.45) is -12.5. The van der Waals surface area contributed by atoms with Crippen molar-refractivity contribution in [2.45, 2.75) is 37.0 Å². The van der Waals surface area contributed by atoms with Crippen LogP contribution in [0.1, 0.15) is 17.4 Å². The highest BCUT2D eigenvalue weighted by molar-refractivity contribution is 5.23. The number of alkyl halides is 3. The van der Waals surface area contributed by atoms with E-state index in [4.69, 9.17) is 9.84 Å². The maximum absolute atomic E-state index is 12.6. The van der Waals surface area contributed by atoms with Gasteiger partial charge < -0.3 is 25.0 Å². The lowest BCUT2D eigenvalue weighted by Gasteiger charge is -2.18. The van der Waals surface area contributed by atoms with E-state index >= 15 is 0 Å². The molecule has 2 rings (SSSR count). The third kappa shape index (κ3) is 3.21. The van der Waals surface area contributed by atoms with Gasteiger partial charge in [-0.25, -0.2) is 4.79 Å². The molecule has 0 radical (unpaired) electrons. The van der Waals surface area contributed by atoms with E-state index in [1.807, 2.05) is 4.98 Å². The average Bonchev–Trinajstić information content (AvgIpc) is 2.64. The number of nitrogens with one attached hydrogen (secondary N) is 2. The van der Waals surface area contributed by atoms with E-state index < -0.39 is 66.1 Å². The minimum Gasteiger partial charge on any atom is -0.394 e. The molecule has 0 unspecified atom stereocenters. The van der Waals surface area contributed by atoms with Gasteiger partial charge in [-0.05, 0) is 0 Å². The molecule has 8 nitrogen and oxygen atoms in total. The highest BCUT2D eigenvalue weighted by atomic mass is 19.4. The van der Waals surface area contributed by atoms with E-state index in [0.717, 1.165) is 0 Å². The fourth-order valence-corrected chi connectivity index (χ4v) is 2.32. The van der Waals surface area contributed by atoms with Crippen molar-refractivity contribution in [3.05, 3.63) is 32.1 Å². The Bertz CT molecular complexity index is 654. The first kappa shape index (κ1) is 16.7. The normalized spacial score (nSPS) is 29.0. The largest absolute Gasteiger partial charge is 0.394 e. The van der Waals surface area contributed by atoms with Crippen molar-refractivity contribution in [3.8, 4) is 0 Å². The van der Waals surface area contributed by atoms with Gasteiger partial charge in [0.1, 0.15) is 24.4 Å². The van der Waals surface area contributed by atoms with Crippen LogP contribution in [0.25, 0.3) is 0 Å². The molecule has 1 aliphatic heterocycles. The Balaban J connectivity index is 2.51. The molecule has 11 heteroatoms. The molecule has 0 amide bonds. The number of H-pyrrole nitrogens is 2. The number of hydrogen-bond acceptors (Lipinski definition) is 6. The molecule has 0 aliphatic carbocycles. The zero-order valence-electron chi connectivity index (χ0n) is 10.9. The van der Waals surface area contributed by atoms with Crippen LogP contribution in [0, 0.1) is 0 Å². The molecule has 22 heavy (non-hydrogen) atoms. The molecule has 0 saturated carbocycles. The average molecular weight is 326 g/mol. The van der Waals surface area contributed by atoms with Gasteiger partial charge in [0.2, 0.25) is 0 Å². The van der Waals surface area contributed by atoms with E-state index in [2.05, 4.69) is 0 Å². The predicted molar refractivity (Wildman–Crippen MR) is 64.2 cm³/mol. The number of ether oxygens (including phenoxy) is 1. The summed E-state index contributed by atoms with van der Waals surface area (Å²) in [5.41, 5.74) is -3.71. The second kappa shape index (κ2) is 5.83. The second-order valence-electron chi connectivity index (χ2n) is 4.85. The number of aromatic nitrogens is 2. The topological polar surface area (TPSA) is 136 Å². The highest BCUT2D eigenvalue weighted by Crippen LogP contribution is 2.34. The summed E-state index contributed by atoms with van der Waals surface area (Å²) < 4.78 is 42.7. The summed E-state index contributed by atoms with van der Waals surface area (Å²) in [6, 6.07) is 0. The maximum Gasteiger partial charge on any atom is 0.394 e. The van der Waals surface area contributed by atoms with E-state index in [9.17, 15) is 33.0 Å². The van der Waals surface area contributed by atoms with Crippen molar-refractivity contribution in [1.29, 1.82) is 0 Å². The van der Waals surface area contributed by atoms with Crippen LogP contribution in [-0.2, 0) is 11.2 Å². The lowest BCUT2D eigenvalue weighted by atomic mass is 10.00. The molecule has 4 atom stereocenters. The molecule has 0 spiro atoms. The van der Waals surface area contributed by atoms with Crippen LogP contribution in [-0.4, -0.2) is 56.4 Å².